The van der Waals surface area contributed by atoms with Gasteiger partial charge in [-0.2, -0.15) is 0 Å². The third-order valence-corrected chi connectivity index (χ3v) is 20.2. The molecule has 0 aromatic carbocycles. The standard InChI is InChI=1S/C63H105N5O46/c1-17(78)65-31-22(82)5-63(62(97)98,113-51(31)35(84)23(83)7-70)114-54-38(87)26(10-73)103-61(47(54)96)109-48-27(11-74)104-55(33(41(48)90)67-19(3)80)100-15-30-39(88)53(112-56-32(66-18(2)79)40(89)36(85)24(8-71)101-56)46(95)60(107-30)108-49-28(12-75)105-57(34(42(49)91)68-20(4)81)111-52-37(86)25(9-72)102-59(45(52)94)110-50-29(13-76)106-58(44(93)43(50)92)99-14-21(6-69)64-16-77/h16,21-61,69-76,82-96H,5-15H2,1-4H3,(H,64,77)(H,65,78)(H,66,79)(H,67,80)(H,68,81)(H,97,98)/t21-,22+,23-,24-,25-,26-,27-,28-,29-,30-,31-,32-,33-,34-,35-,36-,37+,38+,39+,40-,41-,42-,43-,44-,45-,46-,47-,48-,49-,50-,51-,52+,53+,54+,55-,56+,57+,58-,59+,60+,61+,63+/m1/s1. The molecular formula is C63H105N5O46. The molecule has 114 heavy (non-hydrogen) atoms. The summed E-state index contributed by atoms with van der Waals surface area (Å²) in [5.74, 6) is -9.10. The molecule has 29 N–H and O–H groups in total. The number of carbonyl (C=O) groups excluding carboxylic acids is 5. The molecular weight excluding hydrogens is 1560 g/mol. The van der Waals surface area contributed by atoms with Gasteiger partial charge in [0, 0.05) is 34.1 Å². The molecule has 51 nitrogen and oxygen atoms in total. The van der Waals surface area contributed by atoms with Crippen molar-refractivity contribution in [2.24, 2.45) is 0 Å². The van der Waals surface area contributed by atoms with E-state index in [0.717, 1.165) is 27.7 Å². The highest BCUT2D eigenvalue weighted by Gasteiger charge is 2.63. The van der Waals surface area contributed by atoms with Crippen molar-refractivity contribution in [3.8, 4) is 0 Å². The molecule has 0 saturated carbocycles. The highest BCUT2D eigenvalue weighted by Crippen LogP contribution is 2.41. The Labute approximate surface area is 645 Å². The number of hydrogen-bond donors (Lipinski definition) is 29. The lowest BCUT2D eigenvalue weighted by atomic mass is 9.88. The number of carbonyl (C=O) groups is 6. The summed E-state index contributed by atoms with van der Waals surface area (Å²) in [7, 11) is 0. The van der Waals surface area contributed by atoms with Crippen LogP contribution in [0.5, 0.6) is 0 Å². The van der Waals surface area contributed by atoms with Gasteiger partial charge in [-0.25, -0.2) is 4.79 Å². The number of carboxylic acids is 1. The summed E-state index contributed by atoms with van der Waals surface area (Å²) in [4.78, 5) is 75.0. The second kappa shape index (κ2) is 42.0. The van der Waals surface area contributed by atoms with E-state index in [0.29, 0.717) is 0 Å². The van der Waals surface area contributed by atoms with Crippen LogP contribution in [0.25, 0.3) is 0 Å². The summed E-state index contributed by atoms with van der Waals surface area (Å²) >= 11 is 0. The van der Waals surface area contributed by atoms with Crippen molar-refractivity contribution in [3.63, 3.8) is 0 Å². The van der Waals surface area contributed by atoms with Gasteiger partial charge < -0.3 is 225 Å². The van der Waals surface area contributed by atoms with E-state index in [1.165, 1.54) is 0 Å². The van der Waals surface area contributed by atoms with Gasteiger partial charge in [0.25, 0.3) is 5.79 Å². The van der Waals surface area contributed by atoms with Crippen LogP contribution in [0.4, 0.5) is 0 Å². The van der Waals surface area contributed by atoms with Crippen molar-refractivity contribution in [2.45, 2.75) is 291 Å². The Balaban J connectivity index is 1.05. The Bertz CT molecular complexity index is 3060. The van der Waals surface area contributed by atoms with Crippen LogP contribution in [0.3, 0.4) is 0 Å². The smallest absolute Gasteiger partial charge is 0.364 e. The first-order chi connectivity index (χ1) is 53.9. The van der Waals surface area contributed by atoms with Gasteiger partial charge in [-0.05, 0) is 0 Å². The molecule has 0 radical (unpaired) electrons. The molecule has 51 heteroatoms. The summed E-state index contributed by atoms with van der Waals surface area (Å²) in [6.07, 6.45) is -76.9. The fourth-order valence-electron chi connectivity index (χ4n) is 14.3. The van der Waals surface area contributed by atoms with E-state index in [9.17, 15) is 151 Å². The number of hydrogen-bond acceptors (Lipinski definition) is 45. The summed E-state index contributed by atoms with van der Waals surface area (Å²) < 4.78 is 93.7. The van der Waals surface area contributed by atoms with E-state index in [1.54, 1.807) is 0 Å². The molecule has 5 amide bonds. The van der Waals surface area contributed by atoms with Crippen molar-refractivity contribution in [1.82, 2.24) is 26.6 Å². The number of ether oxygens (including phenoxy) is 16. The lowest BCUT2D eigenvalue weighted by Crippen LogP contribution is -2.71. The zero-order valence-corrected chi connectivity index (χ0v) is 61.2. The third kappa shape index (κ3) is 21.5. The number of aliphatic carboxylic acids is 1. The molecule has 8 heterocycles. The van der Waals surface area contributed by atoms with Crippen LogP contribution in [0.15, 0.2) is 0 Å². The first kappa shape index (κ1) is 94.7. The number of aliphatic hydroxyl groups excluding tert-OH is 23. The highest BCUT2D eigenvalue weighted by atomic mass is 16.8. The van der Waals surface area contributed by atoms with Gasteiger partial charge in [0.2, 0.25) is 30.0 Å². The SMILES string of the molecule is CC(=O)N[C@H]1[C@H](OC[C@H]2O[C@@H](O[C@H]3[C@H](O)[C@@H](NC(C)=O)[C@H](O[C@H]4[C@@H](O)[C@@H](CO)O[C@@H](O[C@H]5[C@H](O)[C@@H](O)[C@H](OC[C@@H](CO)NC=O)O[C@@H]5CO)[C@@H]4O)O[C@@H]3CO)[C@H](O)[C@@H](O[C@@H]3O[C@H](CO)[C@@H](O)[C@H](O)[C@H]3NC(C)=O)[C@H]2O)O[C@H](CO)[C@@H](O[C@@H]2O[C@H](CO)[C@H](O)[C@H](O[C@]3(C(=O)O)C[C@H](O)[C@@H](NC(C)=O)[C@H]([C@H](O)[C@H](O)CO)O3)[C@H]2O)[C@@H]1O. The quantitative estimate of drug-likeness (QED) is 0.0262. The van der Waals surface area contributed by atoms with E-state index in [4.69, 9.17) is 75.8 Å². The predicted molar refractivity (Wildman–Crippen MR) is 352 cm³/mol. The molecule has 658 valence electrons. The number of nitrogens with one attached hydrogen (secondary N) is 5. The molecule has 8 rings (SSSR count). The number of rotatable bonds is 35. The van der Waals surface area contributed by atoms with Gasteiger partial charge in [0.15, 0.2) is 44.0 Å². The van der Waals surface area contributed by atoms with Crippen LogP contribution < -0.4 is 26.6 Å². The number of amides is 5. The van der Waals surface area contributed by atoms with Crippen molar-refractivity contribution in [2.75, 3.05) is 66.1 Å². The zero-order chi connectivity index (χ0) is 84.4. The summed E-state index contributed by atoms with van der Waals surface area (Å²) in [6, 6.07) is -8.49. The average Bonchev–Trinajstić information content (AvgIpc) is 0.757. The largest absolute Gasteiger partial charge is 0.477 e. The van der Waals surface area contributed by atoms with Crippen molar-refractivity contribution in [1.29, 1.82) is 0 Å². The first-order valence-corrected chi connectivity index (χ1v) is 36.0. The lowest BCUT2D eigenvalue weighted by Gasteiger charge is -2.51. The van der Waals surface area contributed by atoms with Gasteiger partial charge in [-0.1, -0.05) is 0 Å². The molecule has 0 aromatic heterocycles. The second-order valence-corrected chi connectivity index (χ2v) is 28.3. The van der Waals surface area contributed by atoms with Crippen LogP contribution in [0, 0.1) is 0 Å². The van der Waals surface area contributed by atoms with E-state index in [1.807, 2.05) is 0 Å². The zero-order valence-electron chi connectivity index (χ0n) is 61.2. The van der Waals surface area contributed by atoms with Gasteiger partial charge in [-0.15, -0.1) is 0 Å². The fraction of sp³-hybridized carbons (Fsp3) is 0.905. The Kier molecular flexibility index (Phi) is 34.9. The molecule has 8 aliphatic rings. The lowest BCUT2D eigenvalue weighted by molar-refractivity contribution is -0.389. The molecule has 0 aliphatic carbocycles. The Morgan fingerprint density at radius 3 is 1.21 bits per heavy atom. The van der Waals surface area contributed by atoms with E-state index >= 15 is 0 Å². The minimum Gasteiger partial charge on any atom is -0.477 e. The molecule has 8 saturated heterocycles. The van der Waals surface area contributed by atoms with Crippen LogP contribution in [0.1, 0.15) is 34.1 Å². The highest BCUT2D eigenvalue weighted by molar-refractivity contribution is 5.77. The minimum atomic E-state index is -3.27. The van der Waals surface area contributed by atoms with Crippen LogP contribution in [-0.2, 0) is 105 Å². The maximum Gasteiger partial charge on any atom is 0.364 e. The Morgan fingerprint density at radius 2 is 0.772 bits per heavy atom. The molecule has 42 atom stereocenters. The van der Waals surface area contributed by atoms with Crippen LogP contribution in [-0.4, -0.2) is 482 Å². The van der Waals surface area contributed by atoms with Crippen LogP contribution in [0.2, 0.25) is 0 Å². The van der Waals surface area contributed by atoms with E-state index < -0.39 is 359 Å². The van der Waals surface area contributed by atoms with Crippen LogP contribution >= 0.6 is 0 Å². The molecule has 0 unspecified atom stereocenters. The van der Waals surface area contributed by atoms with Crippen molar-refractivity contribution in [3.05, 3.63) is 0 Å². The third-order valence-electron chi connectivity index (χ3n) is 20.2. The van der Waals surface area contributed by atoms with Crippen molar-refractivity contribution < 1.29 is 227 Å². The first-order valence-electron chi connectivity index (χ1n) is 36.0. The molecule has 8 aliphatic heterocycles. The van der Waals surface area contributed by atoms with Gasteiger partial charge >= 0.3 is 5.97 Å². The molecule has 0 aromatic rings. The van der Waals surface area contributed by atoms with Gasteiger partial charge in [-0.3, -0.25) is 24.0 Å². The van der Waals surface area contributed by atoms with Crippen molar-refractivity contribution >= 4 is 36.0 Å². The molecule has 8 fully saturated rings. The maximum absolute atomic E-state index is 13.2. The maximum atomic E-state index is 13.2. The summed E-state index contributed by atoms with van der Waals surface area (Å²) in [5.41, 5.74) is 0. The fourth-order valence-corrected chi connectivity index (χ4v) is 14.3. The van der Waals surface area contributed by atoms with Gasteiger partial charge in [0.05, 0.1) is 84.3 Å². The average molecular weight is 1670 g/mol. The number of carboxylic acid groups (broad SMARTS) is 1. The monoisotopic (exact) mass is 1670 g/mol. The number of aliphatic hydroxyl groups is 23. The Hall–Kier alpha value is -4.74. The van der Waals surface area contributed by atoms with E-state index in [-0.39, 0.29) is 6.41 Å². The Morgan fingerprint density at radius 1 is 0.404 bits per heavy atom. The second-order valence-electron chi connectivity index (χ2n) is 28.3. The normalized spacial score (nSPS) is 44.9. The minimum absolute atomic E-state index is 0.246. The molecule has 0 bridgehead atoms. The van der Waals surface area contributed by atoms with E-state index in [2.05, 4.69) is 26.6 Å². The van der Waals surface area contributed by atoms with Gasteiger partial charge in [0.1, 0.15) is 189 Å². The predicted octanol–water partition coefficient (Wildman–Crippen LogP) is -19.5. The molecule has 0 spiro atoms. The topological polar surface area (TPSA) is 796 Å². The summed E-state index contributed by atoms with van der Waals surface area (Å²) in [5, 5.41) is 277. The summed E-state index contributed by atoms with van der Waals surface area (Å²) in [6.45, 7) is -6.41.